The number of nitrogens with zero attached hydrogens (tertiary/aromatic N) is 2. The van der Waals surface area contributed by atoms with Crippen molar-refractivity contribution in [1.29, 1.82) is 0 Å². The van der Waals surface area contributed by atoms with Gasteiger partial charge in [0, 0.05) is 11.0 Å². The molecule has 2 heterocycles. The molecule has 1 amide bonds. The van der Waals surface area contributed by atoms with Crippen LogP contribution in [0, 0.1) is 0 Å². The molecule has 7 nitrogen and oxygen atoms in total. The van der Waals surface area contributed by atoms with Gasteiger partial charge in [-0.3, -0.25) is 9.59 Å². The van der Waals surface area contributed by atoms with Gasteiger partial charge >= 0.3 is 0 Å². The van der Waals surface area contributed by atoms with Crippen LogP contribution in [0.2, 0.25) is 0 Å². The number of Topliss-reactive ketones (excluding diaryl/α,β-unsaturated/α-hetero) is 1. The lowest BCUT2D eigenvalue weighted by atomic mass is 10.1. The highest BCUT2D eigenvalue weighted by Crippen LogP contribution is 2.32. The van der Waals surface area contributed by atoms with Crippen LogP contribution in [-0.2, 0) is 4.79 Å². The zero-order chi connectivity index (χ0) is 14.3. The summed E-state index contributed by atoms with van der Waals surface area (Å²) in [5.41, 5.74) is 12.0. The van der Waals surface area contributed by atoms with Crippen molar-refractivity contribution in [3.05, 3.63) is 29.8 Å². The van der Waals surface area contributed by atoms with Crippen LogP contribution in [-0.4, -0.2) is 21.7 Å². The minimum Gasteiger partial charge on any atom is -0.383 e. The Balaban J connectivity index is 1.91. The van der Waals surface area contributed by atoms with Crippen LogP contribution >= 0.6 is 11.8 Å². The molecule has 0 saturated heterocycles. The lowest BCUT2D eigenvalue weighted by molar-refractivity contribution is -0.112. The molecule has 0 bridgehead atoms. The number of hydrogen-bond donors (Lipinski definition) is 3. The maximum Gasteiger partial charge on any atom is 0.296 e. The van der Waals surface area contributed by atoms with Crippen LogP contribution in [0.5, 0.6) is 0 Å². The molecule has 20 heavy (non-hydrogen) atoms. The van der Waals surface area contributed by atoms with E-state index in [2.05, 4.69) is 15.3 Å². The van der Waals surface area contributed by atoms with Gasteiger partial charge in [0.1, 0.15) is 11.6 Å². The molecule has 0 aliphatic carbocycles. The first-order chi connectivity index (χ1) is 9.52. The molecule has 0 radical (unpaired) electrons. The number of aromatic nitrogens is 2. The van der Waals surface area contributed by atoms with E-state index in [4.69, 9.17) is 11.5 Å². The predicted molar refractivity (Wildman–Crippen MR) is 74.4 cm³/mol. The summed E-state index contributed by atoms with van der Waals surface area (Å²) in [6.45, 7) is 0. The van der Waals surface area contributed by atoms with Crippen molar-refractivity contribution in [2.45, 2.75) is 10.1 Å². The maximum absolute atomic E-state index is 11.5. The number of nitrogens with two attached hydrogens (primary N) is 2. The molecule has 0 unspecified atom stereocenters. The maximum atomic E-state index is 11.5. The molecule has 0 fully saturated rings. The average Bonchev–Trinajstić information content (AvgIpc) is 2.63. The van der Waals surface area contributed by atoms with Crippen molar-refractivity contribution >= 4 is 40.8 Å². The Labute approximate surface area is 117 Å². The zero-order valence-corrected chi connectivity index (χ0v) is 10.9. The van der Waals surface area contributed by atoms with Gasteiger partial charge in [-0.05, 0) is 30.0 Å². The summed E-state index contributed by atoms with van der Waals surface area (Å²) < 4.78 is 0. The van der Waals surface area contributed by atoms with E-state index in [0.717, 1.165) is 4.90 Å². The van der Waals surface area contributed by atoms with Crippen molar-refractivity contribution < 1.29 is 9.59 Å². The molecule has 0 saturated carbocycles. The van der Waals surface area contributed by atoms with Gasteiger partial charge < -0.3 is 16.8 Å². The van der Waals surface area contributed by atoms with Gasteiger partial charge in [-0.15, -0.1) is 0 Å². The molecule has 1 aliphatic rings. The van der Waals surface area contributed by atoms with Crippen LogP contribution in [0.15, 0.2) is 34.3 Å². The van der Waals surface area contributed by atoms with Gasteiger partial charge in [0.25, 0.3) is 11.7 Å². The van der Waals surface area contributed by atoms with Crippen molar-refractivity contribution in [2.75, 3.05) is 16.8 Å². The normalized spacial score (nSPS) is 13.2. The fourth-order valence-electron chi connectivity index (χ4n) is 1.80. The van der Waals surface area contributed by atoms with E-state index in [1.807, 2.05) is 0 Å². The fourth-order valence-corrected chi connectivity index (χ4v) is 2.63. The van der Waals surface area contributed by atoms with E-state index in [-0.39, 0.29) is 11.6 Å². The van der Waals surface area contributed by atoms with Gasteiger partial charge in [0.2, 0.25) is 0 Å². The number of nitrogens with one attached hydrogen (secondary N) is 1. The molecule has 0 spiro atoms. The number of carbonyl (C=O) groups is 2. The number of carbonyl (C=O) groups excluding carboxylic acids is 2. The van der Waals surface area contributed by atoms with Crippen molar-refractivity contribution in [3.63, 3.8) is 0 Å². The van der Waals surface area contributed by atoms with Crippen LogP contribution < -0.4 is 16.8 Å². The Hall–Kier alpha value is -2.61. The van der Waals surface area contributed by atoms with Gasteiger partial charge in [0.15, 0.2) is 5.16 Å². The van der Waals surface area contributed by atoms with Crippen molar-refractivity contribution in [3.8, 4) is 0 Å². The molecule has 1 aromatic carbocycles. The number of anilines is 3. The molecule has 1 aromatic heterocycles. The van der Waals surface area contributed by atoms with E-state index < -0.39 is 11.7 Å². The highest BCUT2D eigenvalue weighted by molar-refractivity contribution is 7.99. The van der Waals surface area contributed by atoms with Crippen LogP contribution in [0.4, 0.5) is 17.3 Å². The van der Waals surface area contributed by atoms with Gasteiger partial charge in [-0.2, -0.15) is 0 Å². The topological polar surface area (TPSA) is 124 Å². The third-order valence-corrected chi connectivity index (χ3v) is 3.50. The predicted octanol–water partition coefficient (Wildman–Crippen LogP) is 0.927. The molecule has 1 aliphatic heterocycles. The van der Waals surface area contributed by atoms with E-state index >= 15 is 0 Å². The summed E-state index contributed by atoms with van der Waals surface area (Å²) >= 11 is 1.24. The van der Waals surface area contributed by atoms with Crippen LogP contribution in [0.3, 0.4) is 0 Å². The Morgan fingerprint density at radius 3 is 2.45 bits per heavy atom. The summed E-state index contributed by atoms with van der Waals surface area (Å²) in [5, 5.41) is 2.91. The summed E-state index contributed by atoms with van der Waals surface area (Å²) in [6, 6.07) is 6.45. The number of rotatable bonds is 2. The Bertz CT molecular complexity index is 726. The minimum absolute atomic E-state index is 0.282. The van der Waals surface area contributed by atoms with Crippen LogP contribution in [0.25, 0.3) is 0 Å². The molecule has 0 atom stereocenters. The number of ketones is 1. The molecular formula is C12H9N5O2S. The first-order valence-corrected chi connectivity index (χ1v) is 6.42. The fraction of sp³-hybridized carbons (Fsp3) is 0. The van der Waals surface area contributed by atoms with E-state index in [1.54, 1.807) is 18.2 Å². The second kappa shape index (κ2) is 4.49. The summed E-state index contributed by atoms with van der Waals surface area (Å²) in [7, 11) is 0. The average molecular weight is 287 g/mol. The van der Waals surface area contributed by atoms with Crippen molar-refractivity contribution in [2.24, 2.45) is 0 Å². The summed E-state index contributed by atoms with van der Waals surface area (Å²) in [4.78, 5) is 31.6. The molecular weight excluding hydrogens is 278 g/mol. The molecule has 8 heteroatoms. The Kier molecular flexibility index (Phi) is 2.79. The minimum atomic E-state index is -0.619. The lowest BCUT2D eigenvalue weighted by Gasteiger charge is -2.04. The molecule has 2 aromatic rings. The zero-order valence-electron chi connectivity index (χ0n) is 10.1. The van der Waals surface area contributed by atoms with Gasteiger partial charge in [0.05, 0.1) is 11.3 Å². The first-order valence-electron chi connectivity index (χ1n) is 5.60. The molecule has 3 rings (SSSR count). The van der Waals surface area contributed by atoms with Crippen molar-refractivity contribution in [1.82, 2.24) is 9.97 Å². The number of nitrogen functional groups attached to an aromatic ring is 2. The number of benzene rings is 1. The van der Waals surface area contributed by atoms with E-state index in [0.29, 0.717) is 16.4 Å². The highest BCUT2D eigenvalue weighted by Gasteiger charge is 2.27. The second-order valence-corrected chi connectivity index (χ2v) is 5.13. The molecule has 100 valence electrons. The third-order valence-electron chi connectivity index (χ3n) is 2.64. The number of hydrogen-bond acceptors (Lipinski definition) is 7. The Morgan fingerprint density at radius 2 is 1.75 bits per heavy atom. The van der Waals surface area contributed by atoms with E-state index in [1.165, 1.54) is 17.8 Å². The summed E-state index contributed by atoms with van der Waals surface area (Å²) in [5.74, 6) is -0.582. The number of fused-ring (bicyclic) bond motifs is 1. The first kappa shape index (κ1) is 12.4. The van der Waals surface area contributed by atoms with E-state index in [9.17, 15) is 9.59 Å². The third kappa shape index (κ3) is 2.16. The SMILES string of the molecule is Nc1cc(N)nc(Sc2ccc3c(c2)NC(=O)C3=O)n1. The lowest BCUT2D eigenvalue weighted by Crippen LogP contribution is -2.12. The second-order valence-electron chi connectivity index (χ2n) is 4.09. The van der Waals surface area contributed by atoms with Gasteiger partial charge in [-0.25, -0.2) is 9.97 Å². The number of amides is 1. The molecule has 5 N–H and O–H groups in total. The quantitative estimate of drug-likeness (QED) is 0.554. The monoisotopic (exact) mass is 287 g/mol. The highest BCUT2D eigenvalue weighted by atomic mass is 32.2. The van der Waals surface area contributed by atoms with Gasteiger partial charge in [-0.1, -0.05) is 0 Å². The van der Waals surface area contributed by atoms with Crippen LogP contribution in [0.1, 0.15) is 10.4 Å². The largest absolute Gasteiger partial charge is 0.383 e. The summed E-state index contributed by atoms with van der Waals surface area (Å²) in [6.07, 6.45) is 0. The smallest absolute Gasteiger partial charge is 0.296 e. The standard InChI is InChI=1S/C12H9N5O2S/c13-8-4-9(14)17-12(16-8)20-5-1-2-6-7(3-5)15-11(19)10(6)18/h1-4H,(H,15,18,19)(H4,13,14,16,17). The Morgan fingerprint density at radius 1 is 1.05 bits per heavy atom.